The van der Waals surface area contributed by atoms with Gasteiger partial charge in [-0.05, 0) is 135 Å². The average Bonchev–Trinajstić information content (AvgIpc) is 0.911. The molecular formula is C85H140O17P2. The van der Waals surface area contributed by atoms with Crippen molar-refractivity contribution in [3.63, 3.8) is 0 Å². The van der Waals surface area contributed by atoms with E-state index in [9.17, 15) is 43.2 Å². The number of phosphoric ester groups is 2. The van der Waals surface area contributed by atoms with Gasteiger partial charge >= 0.3 is 39.5 Å². The van der Waals surface area contributed by atoms with Gasteiger partial charge in [-0.2, -0.15) is 0 Å². The zero-order valence-electron chi connectivity index (χ0n) is 64.6. The van der Waals surface area contributed by atoms with Crippen LogP contribution in [0.2, 0.25) is 0 Å². The summed E-state index contributed by atoms with van der Waals surface area (Å²) in [6.07, 6.45) is 88.1. The Balaban J connectivity index is 5.47. The molecule has 3 N–H and O–H groups in total. The summed E-state index contributed by atoms with van der Waals surface area (Å²) in [4.78, 5) is 73.0. The Morgan fingerprint density at radius 2 is 0.519 bits per heavy atom. The van der Waals surface area contributed by atoms with E-state index in [0.29, 0.717) is 32.1 Å². The minimum Gasteiger partial charge on any atom is -0.462 e. The summed E-state index contributed by atoms with van der Waals surface area (Å²) in [6, 6.07) is 0. The molecule has 0 aliphatic rings. The van der Waals surface area contributed by atoms with Gasteiger partial charge in [0.05, 0.1) is 26.4 Å². The van der Waals surface area contributed by atoms with E-state index in [-0.39, 0.29) is 25.7 Å². The zero-order chi connectivity index (χ0) is 76.0. The second kappa shape index (κ2) is 75.9. The molecule has 0 aliphatic carbocycles. The highest BCUT2D eigenvalue weighted by Crippen LogP contribution is 2.45. The minimum atomic E-state index is -5.00. The van der Waals surface area contributed by atoms with E-state index >= 15 is 0 Å². The van der Waals surface area contributed by atoms with Gasteiger partial charge in [-0.3, -0.25) is 37.3 Å². The van der Waals surface area contributed by atoms with E-state index in [2.05, 4.69) is 167 Å². The predicted octanol–water partition coefficient (Wildman–Crippen LogP) is 23.2. The van der Waals surface area contributed by atoms with E-state index in [1.165, 1.54) is 51.4 Å². The van der Waals surface area contributed by atoms with Crippen molar-refractivity contribution >= 4 is 39.5 Å². The summed E-state index contributed by atoms with van der Waals surface area (Å²) in [5, 5.41) is 10.6. The lowest BCUT2D eigenvalue weighted by Gasteiger charge is -2.21. The molecule has 5 atom stereocenters. The van der Waals surface area contributed by atoms with Crippen LogP contribution in [0.5, 0.6) is 0 Å². The number of phosphoric acid groups is 2. The lowest BCUT2D eigenvalue weighted by molar-refractivity contribution is -0.161. The highest BCUT2D eigenvalue weighted by molar-refractivity contribution is 7.47. The van der Waals surface area contributed by atoms with E-state index in [0.717, 1.165) is 161 Å². The molecule has 104 heavy (non-hydrogen) atoms. The third-order valence-corrected chi connectivity index (χ3v) is 17.9. The van der Waals surface area contributed by atoms with Crippen molar-refractivity contribution in [3.05, 3.63) is 158 Å². The molecule has 0 fully saturated rings. The fraction of sp³-hybridized carbons (Fsp3) is 0.647. The van der Waals surface area contributed by atoms with Gasteiger partial charge in [-0.15, -0.1) is 0 Å². The van der Waals surface area contributed by atoms with Gasteiger partial charge in [-0.25, -0.2) is 9.13 Å². The molecule has 5 unspecified atom stereocenters. The molecule has 0 aliphatic heterocycles. The Morgan fingerprint density at radius 3 is 0.846 bits per heavy atom. The fourth-order valence-corrected chi connectivity index (χ4v) is 11.7. The first-order valence-electron chi connectivity index (χ1n) is 39.7. The zero-order valence-corrected chi connectivity index (χ0v) is 66.4. The fourth-order valence-electron chi connectivity index (χ4n) is 10.1. The minimum absolute atomic E-state index is 0.0286. The number of aliphatic hydroxyl groups is 1. The van der Waals surface area contributed by atoms with Gasteiger partial charge in [0.15, 0.2) is 12.2 Å². The van der Waals surface area contributed by atoms with Gasteiger partial charge in [0.25, 0.3) is 0 Å². The highest BCUT2D eigenvalue weighted by atomic mass is 31.2. The Bertz CT molecular complexity index is 2590. The van der Waals surface area contributed by atoms with Crippen molar-refractivity contribution in [2.45, 2.75) is 316 Å². The topological polar surface area (TPSA) is 237 Å². The number of allylic oxidation sites excluding steroid dienone is 26. The van der Waals surface area contributed by atoms with Gasteiger partial charge in [0, 0.05) is 25.7 Å². The molecule has 0 aromatic rings. The van der Waals surface area contributed by atoms with E-state index in [1.807, 2.05) is 18.2 Å². The third-order valence-electron chi connectivity index (χ3n) is 16.0. The summed E-state index contributed by atoms with van der Waals surface area (Å²) >= 11 is 0. The maximum absolute atomic E-state index is 13.1. The van der Waals surface area contributed by atoms with Crippen LogP contribution in [0.3, 0.4) is 0 Å². The molecule has 0 radical (unpaired) electrons. The number of hydrogen-bond acceptors (Lipinski definition) is 15. The molecule has 0 spiro atoms. The van der Waals surface area contributed by atoms with E-state index in [1.54, 1.807) is 0 Å². The lowest BCUT2D eigenvalue weighted by Crippen LogP contribution is -2.30. The number of carbonyl (C=O) groups is 4. The smallest absolute Gasteiger partial charge is 0.462 e. The average molecular weight is 1500 g/mol. The summed E-state index contributed by atoms with van der Waals surface area (Å²) in [7, 11) is -10.00. The largest absolute Gasteiger partial charge is 0.472 e. The Kier molecular flexibility index (Phi) is 72.0. The first-order chi connectivity index (χ1) is 50.7. The van der Waals surface area contributed by atoms with Crippen LogP contribution in [0, 0.1) is 0 Å². The van der Waals surface area contributed by atoms with Crippen LogP contribution in [0.1, 0.15) is 297 Å². The van der Waals surface area contributed by atoms with Gasteiger partial charge in [-0.1, -0.05) is 295 Å². The Morgan fingerprint density at radius 1 is 0.279 bits per heavy atom. The van der Waals surface area contributed by atoms with Crippen LogP contribution in [0.4, 0.5) is 0 Å². The molecule has 0 saturated carbocycles. The SMILES string of the molecule is CC/C=C\C/C=C\C/C=C\C/C=C\C/C=C\C/C=C\CCC(=O)OCC(COP(=O)(O)OCC(O)COP(=O)(O)OCC(COC(=O)CCCC/C=C\C/C=C\C/C=C\C/C=C\CC)OC(=O)CCCCCCCCCCCCCCC)OC(=O)CCCCCCCCC/C=C\C/C=C\C/C=C\CC. The maximum Gasteiger partial charge on any atom is 0.472 e. The molecule has 0 amide bonds. The Hall–Kier alpha value is -5.32. The molecule has 0 bridgehead atoms. The van der Waals surface area contributed by atoms with Crippen LogP contribution >= 0.6 is 15.6 Å². The van der Waals surface area contributed by atoms with Crippen LogP contribution in [-0.4, -0.2) is 96.7 Å². The van der Waals surface area contributed by atoms with Crippen LogP contribution < -0.4 is 0 Å². The highest BCUT2D eigenvalue weighted by Gasteiger charge is 2.30. The summed E-state index contributed by atoms with van der Waals surface area (Å²) in [5.41, 5.74) is 0. The summed E-state index contributed by atoms with van der Waals surface area (Å²) in [5.74, 6) is -2.33. The second-order valence-electron chi connectivity index (χ2n) is 25.9. The van der Waals surface area contributed by atoms with Crippen molar-refractivity contribution in [2.24, 2.45) is 0 Å². The molecule has 0 heterocycles. The van der Waals surface area contributed by atoms with Crippen LogP contribution in [-0.2, 0) is 65.4 Å². The normalized spacial score (nSPS) is 14.7. The number of carbonyl (C=O) groups excluding carboxylic acids is 4. The summed E-state index contributed by atoms with van der Waals surface area (Å²) in [6.45, 7) is 4.39. The first kappa shape index (κ1) is 98.7. The molecule has 592 valence electrons. The standard InChI is InChI=1S/C85H140O17P2/c1-5-9-13-17-21-25-29-33-36-38-39-41-43-47-50-54-58-62-66-70-83(88)96-76-81(102-85(90)72-68-64-60-56-52-48-44-40-37-34-30-26-22-18-14-10-6-2)78-100-104(93,94)98-74-79(86)73-97-103(91,92)99-77-80(101-84(89)71-67-63-59-55-51-45-32-28-24-20-16-12-8-4)75-95-82(87)69-65-61-57-53-49-46-42-35-31-27-23-19-15-11-7-3/h9-11,13-15,21-23,25-27,33-37,39,41-42,47,49-50,53,58,62,79-81,86H,5-8,12,16-20,24,28-32,38,40,43-46,48,51-52,54-57,59-61,63-78H2,1-4H3,(H,91,92)(H,93,94)/b13-9-,14-10-,15-11-,25-21-,26-22-,27-23-,36-33-,37-34-,41-39-,42-35-,50-47-,53-49-,62-58-. The van der Waals surface area contributed by atoms with Crippen molar-refractivity contribution in [3.8, 4) is 0 Å². The Labute approximate surface area is 629 Å². The van der Waals surface area contributed by atoms with Crippen LogP contribution in [0.15, 0.2) is 158 Å². The van der Waals surface area contributed by atoms with Gasteiger partial charge in [0.2, 0.25) is 0 Å². The van der Waals surface area contributed by atoms with Crippen molar-refractivity contribution < 1.29 is 80.2 Å². The molecule has 0 rings (SSSR count). The number of ether oxygens (including phenoxy) is 4. The van der Waals surface area contributed by atoms with Gasteiger partial charge < -0.3 is 33.8 Å². The molecule has 0 saturated heterocycles. The second-order valence-corrected chi connectivity index (χ2v) is 28.8. The predicted molar refractivity (Wildman–Crippen MR) is 427 cm³/mol. The number of hydrogen-bond donors (Lipinski definition) is 3. The quantitative estimate of drug-likeness (QED) is 0.0169. The van der Waals surface area contributed by atoms with E-state index in [4.69, 9.17) is 37.0 Å². The van der Waals surface area contributed by atoms with Crippen LogP contribution in [0.25, 0.3) is 0 Å². The third kappa shape index (κ3) is 74.9. The molecule has 0 aromatic carbocycles. The lowest BCUT2D eigenvalue weighted by atomic mass is 10.0. The van der Waals surface area contributed by atoms with E-state index < -0.39 is 97.5 Å². The van der Waals surface area contributed by atoms with Gasteiger partial charge in [0.1, 0.15) is 19.3 Å². The van der Waals surface area contributed by atoms with Crippen molar-refractivity contribution in [2.75, 3.05) is 39.6 Å². The monoisotopic (exact) mass is 1490 g/mol. The number of rotatable bonds is 73. The van der Waals surface area contributed by atoms with Crippen molar-refractivity contribution in [1.82, 2.24) is 0 Å². The first-order valence-corrected chi connectivity index (χ1v) is 42.7. The van der Waals surface area contributed by atoms with Crippen molar-refractivity contribution in [1.29, 1.82) is 0 Å². The maximum atomic E-state index is 13.1. The summed E-state index contributed by atoms with van der Waals surface area (Å²) < 4.78 is 68.5. The molecular weight excluding hydrogens is 1350 g/mol. The molecule has 0 aromatic heterocycles. The number of unbranched alkanes of at least 4 members (excludes halogenated alkanes) is 21. The number of aliphatic hydroxyl groups excluding tert-OH is 1. The number of esters is 4. The molecule has 19 heteroatoms. The molecule has 17 nitrogen and oxygen atoms in total.